The van der Waals surface area contributed by atoms with Crippen LogP contribution in [0.3, 0.4) is 0 Å². The van der Waals surface area contributed by atoms with E-state index < -0.39 is 11.6 Å². The maximum atomic E-state index is 13.7. The molecule has 0 aromatic heterocycles. The van der Waals surface area contributed by atoms with Crippen LogP contribution in [-0.4, -0.2) is 12.5 Å². The highest BCUT2D eigenvalue weighted by atomic mass is 19.2. The van der Waals surface area contributed by atoms with Gasteiger partial charge in [0, 0.05) is 24.7 Å². The zero-order valence-electron chi connectivity index (χ0n) is 14.1. The van der Waals surface area contributed by atoms with Crippen molar-refractivity contribution in [2.75, 3.05) is 11.4 Å². The smallest absolute Gasteiger partial charge is 0.227 e. The third-order valence-corrected chi connectivity index (χ3v) is 5.45. The summed E-state index contributed by atoms with van der Waals surface area (Å²) in [5.41, 5.74) is 3.99. The fourth-order valence-corrected chi connectivity index (χ4v) is 4.14. The molecule has 1 heterocycles. The average molecular weight is 341 g/mol. The minimum absolute atomic E-state index is 0.0244. The van der Waals surface area contributed by atoms with Crippen molar-refractivity contribution >= 4 is 11.6 Å². The van der Waals surface area contributed by atoms with Gasteiger partial charge in [0.15, 0.2) is 11.6 Å². The fraction of sp³-hybridized carbons (Fsp3) is 0.381. The van der Waals surface area contributed by atoms with Crippen LogP contribution in [0.5, 0.6) is 0 Å². The standard InChI is InChI=1S/C21H21F2NO/c22-18-12-17-6-3-9-24(20(17)13-19(18)23)21(25)11-14-7-8-15-4-1-2-5-16(15)10-14/h1-2,4-5,12-14H,3,6-11H2. The highest BCUT2D eigenvalue weighted by molar-refractivity contribution is 5.94. The van der Waals surface area contributed by atoms with Gasteiger partial charge >= 0.3 is 0 Å². The molecule has 25 heavy (non-hydrogen) atoms. The predicted octanol–water partition coefficient (Wildman–Crippen LogP) is 4.44. The van der Waals surface area contributed by atoms with Gasteiger partial charge in [-0.15, -0.1) is 0 Å². The highest BCUT2D eigenvalue weighted by Crippen LogP contribution is 2.32. The van der Waals surface area contributed by atoms with Crippen LogP contribution in [0.1, 0.15) is 36.0 Å². The zero-order chi connectivity index (χ0) is 17.4. The molecule has 2 nitrogen and oxygen atoms in total. The van der Waals surface area contributed by atoms with Crippen molar-refractivity contribution in [2.45, 2.75) is 38.5 Å². The Bertz CT molecular complexity index is 818. The maximum Gasteiger partial charge on any atom is 0.227 e. The van der Waals surface area contributed by atoms with Gasteiger partial charge in [0.05, 0.1) is 0 Å². The molecule has 130 valence electrons. The molecule has 0 N–H and O–H groups in total. The predicted molar refractivity (Wildman–Crippen MR) is 93.6 cm³/mol. The summed E-state index contributed by atoms with van der Waals surface area (Å²) in [7, 11) is 0. The summed E-state index contributed by atoms with van der Waals surface area (Å²) < 4.78 is 27.1. The Labute approximate surface area is 146 Å². The van der Waals surface area contributed by atoms with E-state index in [9.17, 15) is 13.6 Å². The van der Waals surface area contributed by atoms with Crippen molar-refractivity contribution in [3.05, 3.63) is 64.7 Å². The van der Waals surface area contributed by atoms with Gasteiger partial charge in [-0.2, -0.15) is 0 Å². The number of hydrogen-bond acceptors (Lipinski definition) is 1. The Morgan fingerprint density at radius 1 is 1.04 bits per heavy atom. The largest absolute Gasteiger partial charge is 0.312 e. The molecule has 1 unspecified atom stereocenters. The average Bonchev–Trinajstić information content (AvgIpc) is 2.62. The van der Waals surface area contributed by atoms with Gasteiger partial charge < -0.3 is 4.90 Å². The summed E-state index contributed by atoms with van der Waals surface area (Å²) in [5.74, 6) is -1.38. The van der Waals surface area contributed by atoms with E-state index in [0.717, 1.165) is 31.2 Å². The van der Waals surface area contributed by atoms with E-state index in [2.05, 4.69) is 18.2 Å². The number of anilines is 1. The van der Waals surface area contributed by atoms with Crippen molar-refractivity contribution in [3.63, 3.8) is 0 Å². The monoisotopic (exact) mass is 341 g/mol. The summed E-state index contributed by atoms with van der Waals surface area (Å²) in [5, 5.41) is 0. The number of amides is 1. The number of nitrogens with zero attached hydrogens (tertiary/aromatic N) is 1. The third-order valence-electron chi connectivity index (χ3n) is 5.45. The fourth-order valence-electron chi connectivity index (χ4n) is 4.14. The first-order valence-corrected chi connectivity index (χ1v) is 8.97. The van der Waals surface area contributed by atoms with Crippen molar-refractivity contribution in [1.82, 2.24) is 0 Å². The van der Waals surface area contributed by atoms with E-state index in [4.69, 9.17) is 0 Å². The van der Waals surface area contributed by atoms with Crippen LogP contribution in [0, 0.1) is 17.6 Å². The van der Waals surface area contributed by atoms with E-state index in [1.54, 1.807) is 4.90 Å². The zero-order valence-corrected chi connectivity index (χ0v) is 14.1. The molecule has 1 atom stereocenters. The van der Waals surface area contributed by atoms with Crippen molar-refractivity contribution in [3.8, 4) is 0 Å². The normalized spacial score (nSPS) is 19.3. The second-order valence-corrected chi connectivity index (χ2v) is 7.13. The van der Waals surface area contributed by atoms with E-state index in [1.165, 1.54) is 23.3 Å². The number of fused-ring (bicyclic) bond motifs is 2. The number of aryl methyl sites for hydroxylation is 2. The summed E-state index contributed by atoms with van der Waals surface area (Å²) in [6.07, 6.45) is 4.86. The molecule has 4 rings (SSSR count). The molecule has 2 aliphatic rings. The van der Waals surface area contributed by atoms with Gasteiger partial charge in [0.2, 0.25) is 5.91 Å². The molecule has 1 amide bonds. The minimum atomic E-state index is -0.884. The van der Waals surface area contributed by atoms with E-state index in [-0.39, 0.29) is 5.91 Å². The second kappa shape index (κ2) is 6.58. The Hall–Kier alpha value is -2.23. The SMILES string of the molecule is O=C(CC1CCc2ccccc2C1)N1CCCc2cc(F)c(F)cc21. The Morgan fingerprint density at radius 2 is 1.80 bits per heavy atom. The van der Waals surface area contributed by atoms with E-state index in [1.807, 2.05) is 6.07 Å². The molecule has 0 radical (unpaired) electrons. The second-order valence-electron chi connectivity index (χ2n) is 7.13. The van der Waals surface area contributed by atoms with Crippen molar-refractivity contribution in [2.24, 2.45) is 5.92 Å². The lowest BCUT2D eigenvalue weighted by atomic mass is 9.82. The molecule has 2 aromatic carbocycles. The molecule has 4 heteroatoms. The lowest BCUT2D eigenvalue weighted by molar-refractivity contribution is -0.119. The third kappa shape index (κ3) is 3.17. The summed E-state index contributed by atoms with van der Waals surface area (Å²) >= 11 is 0. The van der Waals surface area contributed by atoms with Gasteiger partial charge in [-0.25, -0.2) is 8.78 Å². The van der Waals surface area contributed by atoms with E-state index >= 15 is 0 Å². The molecule has 2 aromatic rings. The molecular formula is C21H21F2NO. The maximum absolute atomic E-state index is 13.7. The molecule has 1 aliphatic carbocycles. The number of benzene rings is 2. The lowest BCUT2D eigenvalue weighted by Gasteiger charge is -2.32. The van der Waals surface area contributed by atoms with Gasteiger partial charge in [-0.3, -0.25) is 4.79 Å². The van der Waals surface area contributed by atoms with Crippen LogP contribution in [0.15, 0.2) is 36.4 Å². The van der Waals surface area contributed by atoms with Gasteiger partial charge in [-0.1, -0.05) is 24.3 Å². The van der Waals surface area contributed by atoms with Crippen LogP contribution in [-0.2, 0) is 24.1 Å². The number of rotatable bonds is 2. The molecular weight excluding hydrogens is 320 g/mol. The number of hydrogen-bond donors (Lipinski definition) is 0. The molecule has 0 fully saturated rings. The van der Waals surface area contributed by atoms with Crippen LogP contribution < -0.4 is 4.90 Å². The minimum Gasteiger partial charge on any atom is -0.312 e. The summed E-state index contributed by atoms with van der Waals surface area (Å²) in [6, 6.07) is 10.8. The Morgan fingerprint density at radius 3 is 2.64 bits per heavy atom. The number of carbonyl (C=O) groups excluding carboxylic acids is 1. The topological polar surface area (TPSA) is 20.3 Å². The number of carbonyl (C=O) groups is 1. The van der Waals surface area contributed by atoms with Gasteiger partial charge in [0.25, 0.3) is 0 Å². The van der Waals surface area contributed by atoms with E-state index in [0.29, 0.717) is 31.0 Å². The first-order chi connectivity index (χ1) is 12.1. The van der Waals surface area contributed by atoms with Crippen molar-refractivity contribution < 1.29 is 13.6 Å². The first-order valence-electron chi connectivity index (χ1n) is 8.97. The molecule has 1 aliphatic heterocycles. The van der Waals surface area contributed by atoms with Gasteiger partial charge in [0.1, 0.15) is 0 Å². The summed E-state index contributed by atoms with van der Waals surface area (Å²) in [6.45, 7) is 0.584. The molecule has 0 bridgehead atoms. The molecule has 0 spiro atoms. The van der Waals surface area contributed by atoms with Crippen LogP contribution in [0.4, 0.5) is 14.5 Å². The lowest BCUT2D eigenvalue weighted by Crippen LogP contribution is -2.37. The highest BCUT2D eigenvalue weighted by Gasteiger charge is 2.28. The molecule has 0 saturated heterocycles. The Balaban J connectivity index is 1.51. The Kier molecular flexibility index (Phi) is 4.28. The quantitative estimate of drug-likeness (QED) is 0.791. The van der Waals surface area contributed by atoms with Crippen molar-refractivity contribution in [1.29, 1.82) is 0 Å². The van der Waals surface area contributed by atoms with Crippen LogP contribution in [0.2, 0.25) is 0 Å². The van der Waals surface area contributed by atoms with Crippen LogP contribution >= 0.6 is 0 Å². The van der Waals surface area contributed by atoms with Gasteiger partial charge in [-0.05, 0) is 60.8 Å². The number of halogens is 2. The molecule has 0 saturated carbocycles. The summed E-state index contributed by atoms with van der Waals surface area (Å²) in [4.78, 5) is 14.5. The first kappa shape index (κ1) is 16.2. The van der Waals surface area contributed by atoms with Crippen LogP contribution in [0.25, 0.3) is 0 Å².